The zero-order valence-corrected chi connectivity index (χ0v) is 14.2. The maximum atomic E-state index is 12.5. The summed E-state index contributed by atoms with van der Waals surface area (Å²) in [7, 11) is 0. The second-order valence-corrected chi connectivity index (χ2v) is 6.08. The number of benzene rings is 1. The van der Waals surface area contributed by atoms with Crippen LogP contribution in [0.1, 0.15) is 48.6 Å². The smallest absolute Gasteiger partial charge is 0.251 e. The van der Waals surface area contributed by atoms with E-state index in [-0.39, 0.29) is 17.9 Å². The number of aryl methyl sites for hydroxylation is 1. The van der Waals surface area contributed by atoms with Gasteiger partial charge in [0.05, 0.1) is 6.04 Å². The summed E-state index contributed by atoms with van der Waals surface area (Å²) < 4.78 is 2.49. The van der Waals surface area contributed by atoms with Gasteiger partial charge in [0, 0.05) is 12.1 Å². The lowest BCUT2D eigenvalue weighted by atomic mass is 10.0. The molecule has 1 aromatic heterocycles. The lowest BCUT2D eigenvalue weighted by molar-refractivity contribution is 0.0922. The Hall–Kier alpha value is -1.95. The third kappa shape index (κ3) is 3.44. The largest absolute Gasteiger partial charge is 0.342 e. The van der Waals surface area contributed by atoms with Crippen LogP contribution in [0.2, 0.25) is 0 Å². The average molecular weight is 318 g/mol. The Morgan fingerprint density at radius 2 is 2.00 bits per heavy atom. The molecule has 1 atom stereocenters. The fraction of sp³-hybridized carbons (Fsp3) is 0.438. The monoisotopic (exact) mass is 318 g/mol. The van der Waals surface area contributed by atoms with Crippen LogP contribution in [0.25, 0.3) is 0 Å². The Balaban J connectivity index is 2.27. The molecule has 1 aromatic carbocycles. The van der Waals surface area contributed by atoms with E-state index in [2.05, 4.69) is 29.4 Å². The average Bonchev–Trinajstić information content (AvgIpc) is 2.85. The number of carbonyl (C=O) groups excluding carboxylic acids is 1. The summed E-state index contributed by atoms with van der Waals surface area (Å²) in [6, 6.07) is 7.34. The topological polar surface area (TPSA) is 62.7 Å². The van der Waals surface area contributed by atoms with Gasteiger partial charge in [-0.2, -0.15) is 5.10 Å². The summed E-state index contributed by atoms with van der Waals surface area (Å²) in [5.74, 6) is 0.864. The molecule has 5 nitrogen and oxygen atoms in total. The third-order valence-electron chi connectivity index (χ3n) is 3.65. The van der Waals surface area contributed by atoms with E-state index in [9.17, 15) is 4.79 Å². The van der Waals surface area contributed by atoms with Crippen molar-refractivity contribution in [2.75, 3.05) is 0 Å². The number of amides is 1. The van der Waals surface area contributed by atoms with Crippen molar-refractivity contribution in [3.8, 4) is 0 Å². The zero-order chi connectivity index (χ0) is 16.3. The zero-order valence-electron chi connectivity index (χ0n) is 13.4. The predicted molar refractivity (Wildman–Crippen MR) is 89.3 cm³/mol. The van der Waals surface area contributed by atoms with Gasteiger partial charge in [0.2, 0.25) is 0 Å². The highest BCUT2D eigenvalue weighted by atomic mass is 32.1. The van der Waals surface area contributed by atoms with Gasteiger partial charge in [-0.1, -0.05) is 31.5 Å². The van der Waals surface area contributed by atoms with Crippen molar-refractivity contribution in [1.29, 1.82) is 0 Å². The first-order chi connectivity index (χ1) is 10.4. The van der Waals surface area contributed by atoms with Crippen LogP contribution in [0, 0.1) is 17.6 Å². The first-order valence-electron chi connectivity index (χ1n) is 7.46. The molecule has 1 amide bonds. The van der Waals surface area contributed by atoms with E-state index in [0.29, 0.717) is 16.9 Å². The van der Waals surface area contributed by atoms with E-state index in [4.69, 9.17) is 12.2 Å². The molecule has 0 spiro atoms. The van der Waals surface area contributed by atoms with Gasteiger partial charge < -0.3 is 9.88 Å². The second-order valence-electron chi connectivity index (χ2n) is 5.69. The number of H-pyrrole nitrogens is 1. The highest BCUT2D eigenvalue weighted by Crippen LogP contribution is 2.21. The standard InChI is InChI=1S/C16H22N4OS/c1-5-20-14(18-19-16(20)22)13(10(2)3)17-15(21)12-8-6-11(4)7-9-12/h6-10,13H,5H2,1-4H3,(H,17,21)(H,19,22)/t13-/m0/s1. The molecule has 0 aliphatic rings. The molecule has 1 heterocycles. The number of nitrogens with zero attached hydrogens (tertiary/aromatic N) is 2. The predicted octanol–water partition coefficient (Wildman–Crippen LogP) is 3.40. The first kappa shape index (κ1) is 16.4. The van der Waals surface area contributed by atoms with E-state index in [0.717, 1.165) is 11.4 Å². The van der Waals surface area contributed by atoms with Crippen molar-refractivity contribution in [2.45, 2.75) is 40.3 Å². The molecule has 0 bridgehead atoms. The highest BCUT2D eigenvalue weighted by Gasteiger charge is 2.24. The first-order valence-corrected chi connectivity index (χ1v) is 7.87. The van der Waals surface area contributed by atoms with Gasteiger partial charge in [0.25, 0.3) is 5.91 Å². The quantitative estimate of drug-likeness (QED) is 0.831. The molecule has 0 aliphatic carbocycles. The molecule has 0 unspecified atom stereocenters. The van der Waals surface area contributed by atoms with Gasteiger partial charge in [-0.3, -0.25) is 9.89 Å². The Bertz CT molecular complexity index is 700. The molecule has 0 radical (unpaired) electrons. The number of aromatic nitrogens is 3. The lowest BCUT2D eigenvalue weighted by Gasteiger charge is -2.22. The van der Waals surface area contributed by atoms with Crippen molar-refractivity contribution >= 4 is 18.1 Å². The lowest BCUT2D eigenvalue weighted by Crippen LogP contribution is -2.33. The van der Waals surface area contributed by atoms with Crippen LogP contribution in [-0.2, 0) is 6.54 Å². The molecule has 2 rings (SSSR count). The summed E-state index contributed by atoms with van der Waals surface area (Å²) in [4.78, 5) is 12.5. The third-order valence-corrected chi connectivity index (χ3v) is 3.96. The summed E-state index contributed by atoms with van der Waals surface area (Å²) in [5, 5.41) is 10.2. The molecule has 0 aliphatic heterocycles. The van der Waals surface area contributed by atoms with Gasteiger partial charge in [-0.05, 0) is 44.1 Å². The Morgan fingerprint density at radius 1 is 1.36 bits per heavy atom. The van der Waals surface area contributed by atoms with E-state index >= 15 is 0 Å². The summed E-state index contributed by atoms with van der Waals surface area (Å²) in [5.41, 5.74) is 1.78. The van der Waals surface area contributed by atoms with Gasteiger partial charge in [-0.25, -0.2) is 0 Å². The van der Waals surface area contributed by atoms with Gasteiger partial charge >= 0.3 is 0 Å². The van der Waals surface area contributed by atoms with Crippen molar-refractivity contribution in [2.24, 2.45) is 5.92 Å². The molecule has 0 saturated heterocycles. The van der Waals surface area contributed by atoms with Crippen LogP contribution in [0.15, 0.2) is 24.3 Å². The summed E-state index contributed by atoms with van der Waals surface area (Å²) in [6.45, 7) is 8.83. The number of hydrogen-bond donors (Lipinski definition) is 2. The van der Waals surface area contributed by atoms with E-state index in [1.54, 1.807) is 0 Å². The minimum absolute atomic E-state index is 0.102. The molecule has 0 fully saturated rings. The fourth-order valence-corrected chi connectivity index (χ4v) is 2.60. The van der Waals surface area contributed by atoms with Crippen LogP contribution in [0.3, 0.4) is 0 Å². The normalized spacial score (nSPS) is 12.4. The number of hydrogen-bond acceptors (Lipinski definition) is 3. The molecule has 2 N–H and O–H groups in total. The van der Waals surface area contributed by atoms with Crippen LogP contribution in [0.4, 0.5) is 0 Å². The van der Waals surface area contributed by atoms with Crippen molar-refractivity contribution in [3.05, 3.63) is 46.0 Å². The fourth-order valence-electron chi connectivity index (χ4n) is 2.33. The molecule has 22 heavy (non-hydrogen) atoms. The van der Waals surface area contributed by atoms with Gasteiger partial charge in [0.15, 0.2) is 10.6 Å². The van der Waals surface area contributed by atoms with Gasteiger partial charge in [0.1, 0.15) is 0 Å². The van der Waals surface area contributed by atoms with Crippen LogP contribution >= 0.6 is 12.2 Å². The highest BCUT2D eigenvalue weighted by molar-refractivity contribution is 7.71. The number of nitrogens with one attached hydrogen (secondary N) is 2. The molecular formula is C16H22N4OS. The Labute approximate surface area is 135 Å². The molecular weight excluding hydrogens is 296 g/mol. The minimum atomic E-state index is -0.193. The number of carbonyl (C=O) groups is 1. The van der Waals surface area contributed by atoms with Crippen LogP contribution < -0.4 is 5.32 Å². The van der Waals surface area contributed by atoms with E-state index in [1.165, 1.54) is 0 Å². The summed E-state index contributed by atoms with van der Waals surface area (Å²) >= 11 is 5.23. The maximum absolute atomic E-state index is 12.5. The van der Waals surface area contributed by atoms with Gasteiger partial charge in [-0.15, -0.1) is 0 Å². The Kier molecular flexibility index (Phi) is 5.13. The summed E-state index contributed by atoms with van der Waals surface area (Å²) in [6.07, 6.45) is 0. The van der Waals surface area contributed by atoms with E-state index in [1.807, 2.05) is 42.7 Å². The maximum Gasteiger partial charge on any atom is 0.251 e. The van der Waals surface area contributed by atoms with Crippen molar-refractivity contribution < 1.29 is 4.79 Å². The second kappa shape index (κ2) is 6.87. The Morgan fingerprint density at radius 3 is 2.55 bits per heavy atom. The van der Waals surface area contributed by atoms with Crippen LogP contribution in [-0.4, -0.2) is 20.7 Å². The molecule has 118 valence electrons. The minimum Gasteiger partial charge on any atom is -0.342 e. The van der Waals surface area contributed by atoms with E-state index < -0.39 is 0 Å². The SMILES string of the molecule is CCn1c([C@@H](NC(=O)c2ccc(C)cc2)C(C)C)n[nH]c1=S. The molecule has 0 saturated carbocycles. The molecule has 6 heteroatoms. The number of aromatic amines is 1. The van der Waals surface area contributed by atoms with Crippen LogP contribution in [0.5, 0.6) is 0 Å². The number of rotatable bonds is 5. The molecule has 2 aromatic rings. The van der Waals surface area contributed by atoms with Crippen molar-refractivity contribution in [3.63, 3.8) is 0 Å². The van der Waals surface area contributed by atoms with Crippen molar-refractivity contribution in [1.82, 2.24) is 20.1 Å².